The number of nitrogens with one attached hydrogen (secondary N) is 1. The van der Waals surface area contributed by atoms with Gasteiger partial charge in [0.1, 0.15) is 0 Å². The van der Waals surface area contributed by atoms with Crippen molar-refractivity contribution in [2.75, 3.05) is 6.54 Å². The van der Waals surface area contributed by atoms with Crippen LogP contribution in [0.2, 0.25) is 0 Å². The summed E-state index contributed by atoms with van der Waals surface area (Å²) >= 11 is 0. The molecule has 2 aromatic rings. The molecule has 1 aromatic carbocycles. The third kappa shape index (κ3) is 2.73. The molecule has 2 rings (SSSR count). The number of amides is 1. The SMILES string of the molecule is C=CCNC(=O)c1cnn(-c2ccccc2)c1CC. The topological polar surface area (TPSA) is 46.9 Å². The summed E-state index contributed by atoms with van der Waals surface area (Å²) in [6.45, 7) is 6.06. The van der Waals surface area contributed by atoms with E-state index in [1.54, 1.807) is 12.3 Å². The molecular formula is C15H17N3O. The van der Waals surface area contributed by atoms with E-state index in [-0.39, 0.29) is 5.91 Å². The smallest absolute Gasteiger partial charge is 0.255 e. The first-order valence-electron chi connectivity index (χ1n) is 6.29. The van der Waals surface area contributed by atoms with Crippen LogP contribution in [0.1, 0.15) is 23.0 Å². The zero-order valence-corrected chi connectivity index (χ0v) is 11.0. The van der Waals surface area contributed by atoms with Crippen molar-refractivity contribution in [3.63, 3.8) is 0 Å². The molecule has 0 saturated carbocycles. The Morgan fingerprint density at radius 1 is 1.42 bits per heavy atom. The van der Waals surface area contributed by atoms with Crippen molar-refractivity contribution in [1.29, 1.82) is 0 Å². The summed E-state index contributed by atoms with van der Waals surface area (Å²) in [5.74, 6) is -0.112. The number of carbonyl (C=O) groups excluding carboxylic acids is 1. The van der Waals surface area contributed by atoms with Crippen LogP contribution in [-0.4, -0.2) is 22.2 Å². The van der Waals surface area contributed by atoms with Gasteiger partial charge in [-0.2, -0.15) is 5.10 Å². The molecule has 0 fully saturated rings. The van der Waals surface area contributed by atoms with Crippen LogP contribution in [0.25, 0.3) is 5.69 Å². The molecule has 1 amide bonds. The number of benzene rings is 1. The summed E-state index contributed by atoms with van der Waals surface area (Å²) in [6.07, 6.45) is 4.02. The van der Waals surface area contributed by atoms with Crippen LogP contribution in [0.15, 0.2) is 49.2 Å². The molecule has 1 N–H and O–H groups in total. The maximum Gasteiger partial charge on any atom is 0.255 e. The van der Waals surface area contributed by atoms with Gasteiger partial charge in [-0.25, -0.2) is 4.68 Å². The normalized spacial score (nSPS) is 10.2. The Balaban J connectivity index is 2.36. The maximum absolute atomic E-state index is 12.0. The first-order valence-corrected chi connectivity index (χ1v) is 6.29. The molecule has 0 atom stereocenters. The molecule has 0 bridgehead atoms. The molecule has 98 valence electrons. The van der Waals surface area contributed by atoms with Gasteiger partial charge in [-0.3, -0.25) is 4.79 Å². The van der Waals surface area contributed by atoms with Gasteiger partial charge in [-0.15, -0.1) is 6.58 Å². The third-order valence-electron chi connectivity index (χ3n) is 2.86. The Morgan fingerprint density at radius 2 is 2.16 bits per heavy atom. The predicted molar refractivity (Wildman–Crippen MR) is 75.5 cm³/mol. The minimum Gasteiger partial charge on any atom is -0.348 e. The minimum atomic E-state index is -0.112. The second kappa shape index (κ2) is 6.00. The Morgan fingerprint density at radius 3 is 2.79 bits per heavy atom. The van der Waals surface area contributed by atoms with Crippen molar-refractivity contribution >= 4 is 5.91 Å². The van der Waals surface area contributed by atoms with Crippen molar-refractivity contribution < 1.29 is 4.79 Å². The molecular weight excluding hydrogens is 238 g/mol. The lowest BCUT2D eigenvalue weighted by Gasteiger charge is -2.07. The zero-order valence-electron chi connectivity index (χ0n) is 11.0. The third-order valence-corrected chi connectivity index (χ3v) is 2.86. The van der Waals surface area contributed by atoms with Gasteiger partial charge in [0, 0.05) is 6.54 Å². The Labute approximate surface area is 112 Å². The van der Waals surface area contributed by atoms with Gasteiger partial charge in [-0.05, 0) is 18.6 Å². The molecule has 0 unspecified atom stereocenters. The van der Waals surface area contributed by atoms with Gasteiger partial charge in [0.25, 0.3) is 5.91 Å². The fourth-order valence-electron chi connectivity index (χ4n) is 1.96. The second-order valence-corrected chi connectivity index (χ2v) is 4.10. The zero-order chi connectivity index (χ0) is 13.7. The molecule has 0 radical (unpaired) electrons. The van der Waals surface area contributed by atoms with Gasteiger partial charge in [0.05, 0.1) is 23.1 Å². The second-order valence-electron chi connectivity index (χ2n) is 4.10. The largest absolute Gasteiger partial charge is 0.348 e. The molecule has 0 saturated heterocycles. The highest BCUT2D eigenvalue weighted by molar-refractivity contribution is 5.95. The molecule has 0 spiro atoms. The quantitative estimate of drug-likeness (QED) is 0.834. The first-order chi connectivity index (χ1) is 9.27. The van der Waals surface area contributed by atoms with Gasteiger partial charge >= 0.3 is 0 Å². The lowest BCUT2D eigenvalue weighted by Crippen LogP contribution is -2.24. The lowest BCUT2D eigenvalue weighted by atomic mass is 10.2. The van der Waals surface area contributed by atoms with Crippen molar-refractivity contribution in [3.05, 3.63) is 60.4 Å². The molecule has 4 nitrogen and oxygen atoms in total. The molecule has 19 heavy (non-hydrogen) atoms. The van der Waals surface area contributed by atoms with Gasteiger partial charge in [-0.1, -0.05) is 31.2 Å². The number of hydrogen-bond donors (Lipinski definition) is 1. The molecule has 0 aliphatic carbocycles. The summed E-state index contributed by atoms with van der Waals surface area (Å²) < 4.78 is 1.81. The lowest BCUT2D eigenvalue weighted by molar-refractivity contribution is 0.0957. The highest BCUT2D eigenvalue weighted by Gasteiger charge is 2.16. The minimum absolute atomic E-state index is 0.112. The van der Waals surface area contributed by atoms with E-state index in [4.69, 9.17) is 0 Å². The number of para-hydroxylation sites is 1. The van der Waals surface area contributed by atoms with Gasteiger partial charge < -0.3 is 5.32 Å². The van der Waals surface area contributed by atoms with Crippen molar-refractivity contribution in [3.8, 4) is 5.69 Å². The molecule has 1 heterocycles. The summed E-state index contributed by atoms with van der Waals surface area (Å²) in [6, 6.07) is 9.80. The molecule has 0 aliphatic rings. The van der Waals surface area contributed by atoms with Crippen LogP contribution in [0.5, 0.6) is 0 Å². The Kier molecular flexibility index (Phi) is 4.13. The highest BCUT2D eigenvalue weighted by Crippen LogP contribution is 2.15. The Bertz CT molecular complexity index is 572. The summed E-state index contributed by atoms with van der Waals surface area (Å²) in [5, 5.41) is 7.09. The van der Waals surface area contributed by atoms with E-state index >= 15 is 0 Å². The summed E-state index contributed by atoms with van der Waals surface area (Å²) in [4.78, 5) is 12.0. The molecule has 4 heteroatoms. The van der Waals surface area contributed by atoms with Gasteiger partial charge in [0.15, 0.2) is 0 Å². The van der Waals surface area contributed by atoms with E-state index in [0.717, 1.165) is 17.8 Å². The van der Waals surface area contributed by atoms with E-state index < -0.39 is 0 Å². The average molecular weight is 255 g/mol. The highest BCUT2D eigenvalue weighted by atomic mass is 16.1. The van der Waals surface area contributed by atoms with E-state index in [2.05, 4.69) is 17.0 Å². The monoisotopic (exact) mass is 255 g/mol. The van der Waals surface area contributed by atoms with Crippen LogP contribution in [0, 0.1) is 0 Å². The fraction of sp³-hybridized carbons (Fsp3) is 0.200. The number of carbonyl (C=O) groups is 1. The predicted octanol–water partition coefficient (Wildman–Crippen LogP) is 2.35. The fourth-order valence-corrected chi connectivity index (χ4v) is 1.96. The van der Waals surface area contributed by atoms with Crippen LogP contribution < -0.4 is 5.32 Å². The van der Waals surface area contributed by atoms with E-state index in [0.29, 0.717) is 12.1 Å². The molecule has 1 aromatic heterocycles. The number of rotatable bonds is 5. The summed E-state index contributed by atoms with van der Waals surface area (Å²) in [5.41, 5.74) is 2.49. The number of nitrogens with zero attached hydrogens (tertiary/aromatic N) is 2. The van der Waals surface area contributed by atoms with Gasteiger partial charge in [0.2, 0.25) is 0 Å². The van der Waals surface area contributed by atoms with Crippen LogP contribution in [-0.2, 0) is 6.42 Å². The molecule has 0 aliphatic heterocycles. The first kappa shape index (κ1) is 13.1. The number of hydrogen-bond acceptors (Lipinski definition) is 2. The standard InChI is InChI=1S/C15H17N3O/c1-3-10-16-15(19)13-11-17-18(14(13)4-2)12-8-6-5-7-9-12/h3,5-9,11H,1,4,10H2,2H3,(H,16,19). The van der Waals surface area contributed by atoms with Crippen molar-refractivity contribution in [2.45, 2.75) is 13.3 Å². The maximum atomic E-state index is 12.0. The van der Waals surface area contributed by atoms with Crippen molar-refractivity contribution in [1.82, 2.24) is 15.1 Å². The Hall–Kier alpha value is -2.36. The van der Waals surface area contributed by atoms with E-state index in [9.17, 15) is 4.79 Å². The summed E-state index contributed by atoms with van der Waals surface area (Å²) in [7, 11) is 0. The average Bonchev–Trinajstić information content (AvgIpc) is 2.89. The number of aromatic nitrogens is 2. The van der Waals surface area contributed by atoms with E-state index in [1.807, 2.05) is 41.9 Å². The van der Waals surface area contributed by atoms with Crippen LogP contribution >= 0.6 is 0 Å². The van der Waals surface area contributed by atoms with Crippen molar-refractivity contribution in [2.24, 2.45) is 0 Å². The van der Waals surface area contributed by atoms with E-state index in [1.165, 1.54) is 0 Å². The van der Waals surface area contributed by atoms with Crippen LogP contribution in [0.3, 0.4) is 0 Å². The van der Waals surface area contributed by atoms with Crippen LogP contribution in [0.4, 0.5) is 0 Å².